The predicted octanol–water partition coefficient (Wildman–Crippen LogP) is 2.66. The third kappa shape index (κ3) is 5.58. The van der Waals surface area contributed by atoms with Gasteiger partial charge in [0.15, 0.2) is 0 Å². The van der Waals surface area contributed by atoms with Crippen LogP contribution in [0.3, 0.4) is 0 Å². The van der Waals surface area contributed by atoms with E-state index in [1.807, 2.05) is 25.1 Å². The number of rotatable bonds is 6. The first kappa shape index (κ1) is 26.3. The second-order valence-corrected chi connectivity index (χ2v) is 11.4. The summed E-state index contributed by atoms with van der Waals surface area (Å²) in [7, 11) is -3.85. The molecule has 38 heavy (non-hydrogen) atoms. The number of hydrogen-bond acceptors (Lipinski definition) is 6. The van der Waals surface area contributed by atoms with E-state index in [-0.39, 0.29) is 28.8 Å². The van der Waals surface area contributed by atoms with Crippen LogP contribution in [0, 0.1) is 6.92 Å². The third-order valence-electron chi connectivity index (χ3n) is 7.16. The lowest BCUT2D eigenvalue weighted by Gasteiger charge is -2.35. The number of nitrogens with one attached hydrogen (secondary N) is 3. The van der Waals surface area contributed by atoms with E-state index in [1.54, 1.807) is 47.4 Å². The first-order chi connectivity index (χ1) is 18.3. The number of likely N-dealkylation sites (tertiary alicyclic amines) is 1. The van der Waals surface area contributed by atoms with E-state index in [0.29, 0.717) is 67.7 Å². The number of aryl methyl sites for hydroxylation is 1. The fourth-order valence-electron chi connectivity index (χ4n) is 5.09. The van der Waals surface area contributed by atoms with Crippen molar-refractivity contribution < 1.29 is 22.7 Å². The zero-order chi connectivity index (χ0) is 26.7. The summed E-state index contributed by atoms with van der Waals surface area (Å²) in [5.41, 5.74) is 1.96. The Bertz CT molecular complexity index is 1440. The first-order valence-corrected chi connectivity index (χ1v) is 14.3. The minimum Gasteiger partial charge on any atom is -0.378 e. The van der Waals surface area contributed by atoms with Gasteiger partial charge in [0.1, 0.15) is 6.04 Å². The minimum absolute atomic E-state index is 0.000309. The van der Waals surface area contributed by atoms with Crippen molar-refractivity contribution in [1.82, 2.24) is 14.9 Å². The van der Waals surface area contributed by atoms with Crippen LogP contribution in [0.25, 0.3) is 10.8 Å². The second kappa shape index (κ2) is 11.2. The highest BCUT2D eigenvalue weighted by molar-refractivity contribution is 7.89. The number of ether oxygens (including phenoxy) is 1. The molecule has 2 aliphatic heterocycles. The van der Waals surface area contributed by atoms with Gasteiger partial charge in [0.05, 0.1) is 18.1 Å². The molecule has 10 heteroatoms. The SMILES string of the molecule is Cc1ccccc1C(=O)Nc1cccc2c(S(=O)(=O)NC3CCN(C(=O)C4COCCN4)CC3)cccc12. The van der Waals surface area contributed by atoms with Crippen LogP contribution in [-0.4, -0.2) is 70.1 Å². The summed E-state index contributed by atoms with van der Waals surface area (Å²) in [5, 5.41) is 7.28. The Balaban J connectivity index is 1.30. The van der Waals surface area contributed by atoms with Crippen molar-refractivity contribution in [1.29, 1.82) is 0 Å². The summed E-state index contributed by atoms with van der Waals surface area (Å²) in [6.07, 6.45) is 1.06. The van der Waals surface area contributed by atoms with Gasteiger partial charge in [0, 0.05) is 47.7 Å². The molecule has 5 rings (SSSR count). The lowest BCUT2D eigenvalue weighted by Crippen LogP contribution is -2.55. The smallest absolute Gasteiger partial charge is 0.255 e. The van der Waals surface area contributed by atoms with E-state index < -0.39 is 10.0 Å². The van der Waals surface area contributed by atoms with Crippen molar-refractivity contribution >= 4 is 38.3 Å². The van der Waals surface area contributed by atoms with Crippen LogP contribution in [0.4, 0.5) is 5.69 Å². The topological polar surface area (TPSA) is 117 Å². The van der Waals surface area contributed by atoms with Gasteiger partial charge in [0.2, 0.25) is 15.9 Å². The van der Waals surface area contributed by atoms with Gasteiger partial charge in [-0.2, -0.15) is 0 Å². The summed E-state index contributed by atoms with van der Waals surface area (Å²) in [4.78, 5) is 27.6. The number of sulfonamides is 1. The van der Waals surface area contributed by atoms with Gasteiger partial charge in [-0.25, -0.2) is 13.1 Å². The van der Waals surface area contributed by atoms with Crippen molar-refractivity contribution in [3.05, 3.63) is 71.8 Å². The van der Waals surface area contributed by atoms with Gasteiger partial charge in [-0.1, -0.05) is 42.5 Å². The molecule has 9 nitrogen and oxygen atoms in total. The normalized spacial score (nSPS) is 18.9. The highest BCUT2D eigenvalue weighted by Crippen LogP contribution is 2.30. The third-order valence-corrected chi connectivity index (χ3v) is 8.74. The fraction of sp³-hybridized carbons (Fsp3) is 0.357. The van der Waals surface area contributed by atoms with Gasteiger partial charge in [-0.3, -0.25) is 9.59 Å². The van der Waals surface area contributed by atoms with Crippen LogP contribution in [0.5, 0.6) is 0 Å². The lowest BCUT2D eigenvalue weighted by atomic mass is 10.1. The molecule has 3 N–H and O–H groups in total. The highest BCUT2D eigenvalue weighted by atomic mass is 32.2. The van der Waals surface area contributed by atoms with Crippen LogP contribution in [0.2, 0.25) is 0 Å². The monoisotopic (exact) mass is 536 g/mol. The van der Waals surface area contributed by atoms with Crippen LogP contribution in [0.15, 0.2) is 65.6 Å². The molecular weight excluding hydrogens is 504 g/mol. The molecule has 0 bridgehead atoms. The van der Waals surface area contributed by atoms with Gasteiger partial charge < -0.3 is 20.3 Å². The summed E-state index contributed by atoms with van der Waals surface area (Å²) in [6.45, 7) is 4.44. The average Bonchev–Trinajstić information content (AvgIpc) is 2.93. The van der Waals surface area contributed by atoms with Gasteiger partial charge >= 0.3 is 0 Å². The molecular formula is C28H32N4O5S. The Morgan fingerprint density at radius 1 is 0.974 bits per heavy atom. The number of nitrogens with zero attached hydrogens (tertiary/aromatic N) is 1. The highest BCUT2D eigenvalue weighted by Gasteiger charge is 2.31. The zero-order valence-electron chi connectivity index (χ0n) is 21.3. The number of morpholine rings is 1. The molecule has 2 fully saturated rings. The van der Waals surface area contributed by atoms with E-state index in [1.165, 1.54) is 0 Å². The van der Waals surface area contributed by atoms with Crippen LogP contribution < -0.4 is 15.4 Å². The molecule has 0 aromatic heterocycles. The van der Waals surface area contributed by atoms with Crippen LogP contribution >= 0.6 is 0 Å². The van der Waals surface area contributed by atoms with Crippen molar-refractivity contribution in [2.24, 2.45) is 0 Å². The number of amides is 2. The maximum atomic E-state index is 13.5. The number of carbonyl (C=O) groups is 2. The van der Waals surface area contributed by atoms with Gasteiger partial charge in [0.25, 0.3) is 5.91 Å². The largest absolute Gasteiger partial charge is 0.378 e. The molecule has 3 aromatic carbocycles. The van der Waals surface area contributed by atoms with Crippen molar-refractivity contribution in [2.75, 3.05) is 38.2 Å². The Kier molecular flexibility index (Phi) is 7.75. The summed E-state index contributed by atoms with van der Waals surface area (Å²) < 4.78 is 35.2. The zero-order valence-corrected chi connectivity index (χ0v) is 22.1. The molecule has 1 atom stereocenters. The molecule has 1 unspecified atom stereocenters. The minimum atomic E-state index is -3.85. The fourth-order valence-corrected chi connectivity index (χ4v) is 6.61. The number of carbonyl (C=O) groups excluding carboxylic acids is 2. The number of anilines is 1. The van der Waals surface area contributed by atoms with Crippen molar-refractivity contribution in [2.45, 2.75) is 36.7 Å². The molecule has 2 saturated heterocycles. The number of piperidine rings is 1. The maximum absolute atomic E-state index is 13.5. The Labute approximate surface area is 222 Å². The molecule has 3 aromatic rings. The summed E-state index contributed by atoms with van der Waals surface area (Å²) >= 11 is 0. The Morgan fingerprint density at radius 3 is 2.45 bits per heavy atom. The summed E-state index contributed by atoms with van der Waals surface area (Å²) in [6, 6.07) is 17.0. The molecule has 2 amide bonds. The molecule has 2 heterocycles. The number of fused-ring (bicyclic) bond motifs is 1. The molecule has 0 aliphatic carbocycles. The van der Waals surface area contributed by atoms with Crippen molar-refractivity contribution in [3.8, 4) is 0 Å². The predicted molar refractivity (Wildman–Crippen MR) is 146 cm³/mol. The molecule has 0 saturated carbocycles. The summed E-state index contributed by atoms with van der Waals surface area (Å²) in [5.74, 6) is -0.251. The maximum Gasteiger partial charge on any atom is 0.255 e. The lowest BCUT2D eigenvalue weighted by molar-refractivity contribution is -0.137. The first-order valence-electron chi connectivity index (χ1n) is 12.8. The number of hydrogen-bond donors (Lipinski definition) is 3. The Hall–Kier alpha value is -3.31. The van der Waals surface area contributed by atoms with E-state index >= 15 is 0 Å². The van der Waals surface area contributed by atoms with E-state index in [2.05, 4.69) is 15.4 Å². The van der Waals surface area contributed by atoms with E-state index in [4.69, 9.17) is 4.74 Å². The van der Waals surface area contributed by atoms with Crippen LogP contribution in [-0.2, 0) is 19.6 Å². The van der Waals surface area contributed by atoms with Gasteiger partial charge in [-0.05, 0) is 43.5 Å². The second-order valence-electron chi connectivity index (χ2n) is 9.73. The standard InChI is InChI=1S/C28H32N4O5S/c1-19-6-2-3-7-21(19)27(33)30-24-10-4-9-23-22(24)8-5-11-26(23)38(35,36)31-20-12-15-32(16-13-20)28(34)25-18-37-17-14-29-25/h2-11,20,25,29,31H,12-18H2,1H3,(H,30,33). The quantitative estimate of drug-likeness (QED) is 0.446. The Morgan fingerprint density at radius 2 is 1.71 bits per heavy atom. The van der Waals surface area contributed by atoms with E-state index in [9.17, 15) is 18.0 Å². The molecule has 0 spiro atoms. The van der Waals surface area contributed by atoms with Crippen molar-refractivity contribution in [3.63, 3.8) is 0 Å². The van der Waals surface area contributed by atoms with Crippen LogP contribution in [0.1, 0.15) is 28.8 Å². The molecule has 0 radical (unpaired) electrons. The number of benzene rings is 3. The van der Waals surface area contributed by atoms with E-state index in [0.717, 1.165) is 5.56 Å². The molecule has 200 valence electrons. The molecule has 2 aliphatic rings. The van der Waals surface area contributed by atoms with Gasteiger partial charge in [-0.15, -0.1) is 0 Å². The average molecular weight is 537 g/mol.